The lowest BCUT2D eigenvalue weighted by molar-refractivity contribution is 0.0951. The summed E-state index contributed by atoms with van der Waals surface area (Å²) < 4.78 is 4.01. The van der Waals surface area contributed by atoms with Crippen LogP contribution in [0.2, 0.25) is 0 Å². The first kappa shape index (κ1) is 18.7. The number of hydrogen-bond acceptors (Lipinski definition) is 2. The van der Waals surface area contributed by atoms with Crippen molar-refractivity contribution in [2.24, 2.45) is 0 Å². The Hall–Kier alpha value is -3.60. The summed E-state index contributed by atoms with van der Waals surface area (Å²) in [5, 5.41) is 7.53. The second-order valence-corrected chi connectivity index (χ2v) is 7.22. The summed E-state index contributed by atoms with van der Waals surface area (Å²) in [6, 6.07) is 21.9. The highest BCUT2D eigenvalue weighted by atomic mass is 16.1. The standard InChI is InChI=1S/C24H24N4O/c1-18-14-19(2)28(26-18)17-21-7-5-6-20(15-21)16-25-24(29)22-8-10-23(11-9-22)27-12-3-4-13-27/h3-15H,16-17H2,1-2H3,(H,25,29). The number of rotatable bonds is 6. The fraction of sp³-hybridized carbons (Fsp3) is 0.167. The van der Waals surface area contributed by atoms with Crippen LogP contribution in [0.5, 0.6) is 0 Å². The van der Waals surface area contributed by atoms with Gasteiger partial charge < -0.3 is 9.88 Å². The van der Waals surface area contributed by atoms with E-state index >= 15 is 0 Å². The Morgan fingerprint density at radius 3 is 2.34 bits per heavy atom. The van der Waals surface area contributed by atoms with Gasteiger partial charge in [-0.2, -0.15) is 5.10 Å². The first-order valence-corrected chi connectivity index (χ1v) is 9.69. The summed E-state index contributed by atoms with van der Waals surface area (Å²) in [6.45, 7) is 5.28. The van der Waals surface area contributed by atoms with Gasteiger partial charge in [0.25, 0.3) is 5.91 Å². The number of carbonyl (C=O) groups is 1. The van der Waals surface area contributed by atoms with Crippen molar-refractivity contribution in [1.29, 1.82) is 0 Å². The molecule has 1 N–H and O–H groups in total. The van der Waals surface area contributed by atoms with Crippen LogP contribution in [0.3, 0.4) is 0 Å². The van der Waals surface area contributed by atoms with E-state index in [2.05, 4.69) is 35.5 Å². The second-order valence-electron chi connectivity index (χ2n) is 7.22. The summed E-state index contributed by atoms with van der Waals surface area (Å²) >= 11 is 0. The molecule has 1 amide bonds. The first-order valence-electron chi connectivity index (χ1n) is 9.69. The Balaban J connectivity index is 1.38. The van der Waals surface area contributed by atoms with E-state index in [0.29, 0.717) is 12.1 Å². The molecule has 0 bridgehead atoms. The predicted octanol–water partition coefficient (Wildman–Crippen LogP) is 4.27. The topological polar surface area (TPSA) is 51.9 Å². The molecule has 0 saturated carbocycles. The molecule has 146 valence electrons. The van der Waals surface area contributed by atoms with Crippen molar-refractivity contribution in [3.8, 4) is 5.69 Å². The maximum absolute atomic E-state index is 12.5. The molecule has 4 aromatic rings. The lowest BCUT2D eigenvalue weighted by Gasteiger charge is -2.09. The van der Waals surface area contributed by atoms with E-state index in [1.54, 1.807) is 0 Å². The highest BCUT2D eigenvalue weighted by Gasteiger charge is 2.07. The van der Waals surface area contributed by atoms with Gasteiger partial charge in [-0.3, -0.25) is 9.48 Å². The van der Waals surface area contributed by atoms with Gasteiger partial charge in [0.1, 0.15) is 0 Å². The molecular formula is C24H24N4O. The fourth-order valence-corrected chi connectivity index (χ4v) is 3.42. The number of amides is 1. The Kier molecular flexibility index (Phi) is 5.29. The van der Waals surface area contributed by atoms with Crippen molar-refractivity contribution in [2.75, 3.05) is 0 Å². The van der Waals surface area contributed by atoms with E-state index in [1.165, 1.54) is 5.56 Å². The molecule has 4 rings (SSSR count). The number of hydrogen-bond donors (Lipinski definition) is 1. The number of benzene rings is 2. The van der Waals surface area contributed by atoms with Gasteiger partial charge in [-0.25, -0.2) is 0 Å². The second kappa shape index (κ2) is 8.19. The van der Waals surface area contributed by atoms with Crippen LogP contribution in [-0.2, 0) is 13.1 Å². The molecular weight excluding hydrogens is 360 g/mol. The van der Waals surface area contributed by atoms with Crippen molar-refractivity contribution >= 4 is 5.91 Å². The normalized spacial score (nSPS) is 10.8. The molecule has 2 aromatic heterocycles. The largest absolute Gasteiger partial charge is 0.348 e. The van der Waals surface area contributed by atoms with Crippen LogP contribution in [0.4, 0.5) is 0 Å². The highest BCUT2D eigenvalue weighted by Crippen LogP contribution is 2.12. The number of aryl methyl sites for hydroxylation is 2. The lowest BCUT2D eigenvalue weighted by atomic mass is 10.1. The van der Waals surface area contributed by atoms with E-state index in [0.717, 1.165) is 29.2 Å². The van der Waals surface area contributed by atoms with Gasteiger partial charge in [0, 0.05) is 35.9 Å². The molecule has 0 spiro atoms. The maximum atomic E-state index is 12.5. The molecule has 29 heavy (non-hydrogen) atoms. The number of nitrogens with one attached hydrogen (secondary N) is 1. The van der Waals surface area contributed by atoms with Crippen LogP contribution >= 0.6 is 0 Å². The molecule has 0 unspecified atom stereocenters. The molecule has 5 nitrogen and oxygen atoms in total. The summed E-state index contributed by atoms with van der Waals surface area (Å²) in [6.07, 6.45) is 3.96. The van der Waals surface area contributed by atoms with Crippen LogP contribution in [-0.4, -0.2) is 20.3 Å². The molecule has 0 aliphatic heterocycles. The molecule has 0 radical (unpaired) electrons. The van der Waals surface area contributed by atoms with Crippen LogP contribution in [0.1, 0.15) is 32.9 Å². The zero-order valence-electron chi connectivity index (χ0n) is 16.7. The third-order valence-corrected chi connectivity index (χ3v) is 4.91. The highest BCUT2D eigenvalue weighted by molar-refractivity contribution is 5.94. The Morgan fingerprint density at radius 1 is 0.931 bits per heavy atom. The average Bonchev–Trinajstić information content (AvgIpc) is 3.37. The minimum absolute atomic E-state index is 0.0759. The van der Waals surface area contributed by atoms with Crippen molar-refractivity contribution in [1.82, 2.24) is 19.7 Å². The van der Waals surface area contributed by atoms with Crippen LogP contribution in [0, 0.1) is 13.8 Å². The third kappa shape index (κ3) is 4.46. The minimum atomic E-state index is -0.0759. The zero-order valence-corrected chi connectivity index (χ0v) is 16.7. The van der Waals surface area contributed by atoms with Crippen molar-refractivity contribution in [2.45, 2.75) is 26.9 Å². The quantitative estimate of drug-likeness (QED) is 0.540. The van der Waals surface area contributed by atoms with Gasteiger partial charge in [0.2, 0.25) is 0 Å². The third-order valence-electron chi connectivity index (χ3n) is 4.91. The summed E-state index contributed by atoms with van der Waals surface area (Å²) in [4.78, 5) is 12.5. The van der Waals surface area contributed by atoms with Gasteiger partial charge in [0.05, 0.1) is 12.2 Å². The van der Waals surface area contributed by atoms with Crippen LogP contribution < -0.4 is 5.32 Å². The molecule has 5 heteroatoms. The molecule has 0 aliphatic rings. The van der Waals surface area contributed by atoms with Crippen molar-refractivity contribution < 1.29 is 4.79 Å². The van der Waals surface area contributed by atoms with Gasteiger partial charge >= 0.3 is 0 Å². The Labute approximate surface area is 170 Å². The molecule has 0 saturated heterocycles. The van der Waals surface area contributed by atoms with Crippen LogP contribution in [0.25, 0.3) is 5.69 Å². The summed E-state index contributed by atoms with van der Waals surface area (Å²) in [5.74, 6) is -0.0759. The summed E-state index contributed by atoms with van der Waals surface area (Å²) in [7, 11) is 0. The van der Waals surface area contributed by atoms with Crippen molar-refractivity contribution in [3.05, 3.63) is 107 Å². The SMILES string of the molecule is Cc1cc(C)n(Cc2cccc(CNC(=O)c3ccc(-n4cccc4)cc3)c2)n1. The van der Waals surface area contributed by atoms with E-state index in [9.17, 15) is 4.79 Å². The fourth-order valence-electron chi connectivity index (χ4n) is 3.42. The van der Waals surface area contributed by atoms with Crippen LogP contribution in [0.15, 0.2) is 79.1 Å². The Morgan fingerprint density at radius 2 is 1.66 bits per heavy atom. The predicted molar refractivity (Wildman–Crippen MR) is 114 cm³/mol. The average molecular weight is 384 g/mol. The van der Waals surface area contributed by atoms with E-state index < -0.39 is 0 Å². The van der Waals surface area contributed by atoms with Gasteiger partial charge in [0.15, 0.2) is 0 Å². The van der Waals surface area contributed by atoms with Gasteiger partial charge in [-0.15, -0.1) is 0 Å². The number of aromatic nitrogens is 3. The summed E-state index contributed by atoms with van der Waals surface area (Å²) in [5.41, 5.74) is 6.08. The van der Waals surface area contributed by atoms with E-state index in [-0.39, 0.29) is 5.91 Å². The smallest absolute Gasteiger partial charge is 0.251 e. The zero-order chi connectivity index (χ0) is 20.2. The monoisotopic (exact) mass is 384 g/mol. The number of carbonyl (C=O) groups excluding carboxylic acids is 1. The molecule has 2 heterocycles. The molecule has 2 aromatic carbocycles. The molecule has 0 atom stereocenters. The minimum Gasteiger partial charge on any atom is -0.348 e. The first-order chi connectivity index (χ1) is 14.1. The lowest BCUT2D eigenvalue weighted by Crippen LogP contribution is -2.22. The van der Waals surface area contributed by atoms with Gasteiger partial charge in [-0.05, 0) is 67.4 Å². The van der Waals surface area contributed by atoms with Crippen molar-refractivity contribution in [3.63, 3.8) is 0 Å². The van der Waals surface area contributed by atoms with Gasteiger partial charge in [-0.1, -0.05) is 24.3 Å². The molecule has 0 fully saturated rings. The number of nitrogens with zero attached hydrogens (tertiary/aromatic N) is 3. The Bertz CT molecular complexity index is 1110. The van der Waals surface area contributed by atoms with E-state index in [1.807, 2.05) is 77.1 Å². The maximum Gasteiger partial charge on any atom is 0.251 e. The molecule has 0 aliphatic carbocycles. The van der Waals surface area contributed by atoms with E-state index in [4.69, 9.17) is 0 Å².